The van der Waals surface area contributed by atoms with Crippen molar-refractivity contribution in [3.05, 3.63) is 10.1 Å². The average molecular weight is 232 g/mol. The lowest BCUT2D eigenvalue weighted by molar-refractivity contribution is -0.525. The number of hydrogen-bond acceptors (Lipinski definition) is 6. The summed E-state index contributed by atoms with van der Waals surface area (Å²) >= 11 is 0. The molecule has 0 heterocycles. The van der Waals surface area contributed by atoms with Gasteiger partial charge in [0.1, 0.15) is 6.04 Å². The summed E-state index contributed by atoms with van der Waals surface area (Å²) in [5, 5.41) is 9.12. The highest BCUT2D eigenvalue weighted by molar-refractivity contribution is 5.76. The minimum Gasteiger partial charge on any atom is -0.468 e. The monoisotopic (exact) mass is 232 g/mol. The highest BCUT2D eigenvalue weighted by atomic mass is 16.7. The smallest absolute Gasteiger partial charge is 0.322 e. The highest BCUT2D eigenvalue weighted by Gasteiger charge is 2.12. The molecule has 0 fully saturated rings. The molecule has 1 atom stereocenters. The molecule has 0 aliphatic heterocycles. The maximum Gasteiger partial charge on any atom is 0.322 e. The standard InChI is InChI=1S/C7H15N5O4/c1-16-6(13)5(8)3-2-4-10-7(9)11-12(14)15/h5H,2-4,8H2,1H3,(H3,9,10,11)/t5-/m0/s1/i1-1. The van der Waals surface area contributed by atoms with Crippen molar-refractivity contribution in [1.29, 1.82) is 0 Å². The minimum absolute atomic E-state index is 0.247. The number of methoxy groups -OCH3 is 1. The number of carbonyl (C=O) groups excluding carboxylic acids is 1. The Hall–Kier alpha value is -1.90. The van der Waals surface area contributed by atoms with Gasteiger partial charge in [0.2, 0.25) is 0 Å². The Labute approximate surface area is 92.0 Å². The number of nitrogens with one attached hydrogen (secondary N) is 1. The normalized spacial score (nSPS) is 13.0. The van der Waals surface area contributed by atoms with Crippen LogP contribution in [0.2, 0.25) is 0 Å². The number of hydrazine groups is 1. The summed E-state index contributed by atoms with van der Waals surface area (Å²) in [6, 6.07) is -0.704. The molecule has 0 aromatic carbocycles. The minimum atomic E-state index is -0.807. The van der Waals surface area contributed by atoms with Crippen molar-refractivity contribution in [2.24, 2.45) is 16.5 Å². The Morgan fingerprint density at radius 1 is 1.69 bits per heavy atom. The Morgan fingerprint density at radius 2 is 2.31 bits per heavy atom. The zero-order valence-corrected chi connectivity index (χ0v) is 8.88. The molecule has 0 spiro atoms. The molecule has 92 valence electrons. The summed E-state index contributed by atoms with van der Waals surface area (Å²) in [4.78, 5) is 24.5. The van der Waals surface area contributed by atoms with Crippen molar-refractivity contribution in [3.8, 4) is 0 Å². The molecule has 0 saturated carbocycles. The summed E-state index contributed by atoms with van der Waals surface area (Å²) in [5.74, 6) is -0.781. The molecular weight excluding hydrogens is 217 g/mol. The first-order valence-corrected chi connectivity index (χ1v) is 4.51. The predicted octanol–water partition coefficient (Wildman–Crippen LogP) is -1.64. The van der Waals surface area contributed by atoms with Crippen LogP contribution in [0.3, 0.4) is 0 Å². The van der Waals surface area contributed by atoms with Crippen LogP contribution in [0.4, 0.5) is 0 Å². The van der Waals surface area contributed by atoms with Gasteiger partial charge in [-0.3, -0.25) is 4.79 Å². The van der Waals surface area contributed by atoms with Crippen LogP contribution < -0.4 is 16.9 Å². The second-order valence-electron chi connectivity index (χ2n) is 2.91. The third-order valence-corrected chi connectivity index (χ3v) is 1.67. The van der Waals surface area contributed by atoms with Crippen LogP contribution in [0.25, 0.3) is 0 Å². The van der Waals surface area contributed by atoms with E-state index in [9.17, 15) is 14.9 Å². The van der Waals surface area contributed by atoms with Crippen molar-refractivity contribution < 1.29 is 14.6 Å². The number of carbonyl (C=O) groups is 1. The summed E-state index contributed by atoms with van der Waals surface area (Å²) in [6.45, 7) is 0.247. The third kappa shape index (κ3) is 6.54. The van der Waals surface area contributed by atoms with Crippen LogP contribution in [0.1, 0.15) is 12.8 Å². The topological polar surface area (TPSA) is 146 Å². The first-order chi connectivity index (χ1) is 7.47. The van der Waals surface area contributed by atoms with Crippen LogP contribution in [0, 0.1) is 10.1 Å². The first-order valence-electron chi connectivity index (χ1n) is 4.51. The van der Waals surface area contributed by atoms with E-state index in [1.165, 1.54) is 7.11 Å². The fourth-order valence-corrected chi connectivity index (χ4v) is 0.909. The molecule has 0 amide bonds. The summed E-state index contributed by atoms with van der Waals surface area (Å²) in [5.41, 5.74) is 12.3. The Kier molecular flexibility index (Phi) is 6.52. The largest absolute Gasteiger partial charge is 0.468 e. The second-order valence-corrected chi connectivity index (χ2v) is 2.91. The van der Waals surface area contributed by atoms with E-state index in [2.05, 4.69) is 9.73 Å². The van der Waals surface area contributed by atoms with Crippen molar-refractivity contribution >= 4 is 11.9 Å². The van der Waals surface area contributed by atoms with E-state index < -0.39 is 17.0 Å². The van der Waals surface area contributed by atoms with Gasteiger partial charge in [-0.25, -0.2) is 15.1 Å². The molecule has 0 unspecified atom stereocenters. The molecule has 0 aromatic heterocycles. The average Bonchev–Trinajstić information content (AvgIpc) is 2.21. The van der Waals surface area contributed by atoms with E-state index in [0.717, 1.165) is 0 Å². The molecule has 0 aromatic rings. The molecule has 16 heavy (non-hydrogen) atoms. The van der Waals surface area contributed by atoms with Gasteiger partial charge in [0, 0.05) is 6.54 Å². The van der Waals surface area contributed by atoms with E-state index in [4.69, 9.17) is 11.5 Å². The van der Waals surface area contributed by atoms with Crippen LogP contribution >= 0.6 is 0 Å². The zero-order valence-electron chi connectivity index (χ0n) is 8.88. The predicted molar refractivity (Wildman–Crippen MR) is 55.8 cm³/mol. The number of esters is 1. The lowest BCUT2D eigenvalue weighted by Crippen LogP contribution is -2.36. The van der Waals surface area contributed by atoms with Gasteiger partial charge in [0.15, 0.2) is 5.03 Å². The van der Waals surface area contributed by atoms with Crippen LogP contribution in [0.5, 0.6) is 0 Å². The third-order valence-electron chi connectivity index (χ3n) is 1.67. The number of ether oxygens (including phenoxy) is 1. The molecule has 0 bridgehead atoms. The van der Waals surface area contributed by atoms with Gasteiger partial charge in [-0.15, -0.1) is 0 Å². The molecule has 9 nitrogen and oxygen atoms in total. The SMILES string of the molecule is [11CH3]OC(=O)[C@@H](N)CCCN=C(N)N[N+](=O)[O-]. The molecule has 0 rings (SSSR count). The maximum absolute atomic E-state index is 10.9. The quantitative estimate of drug-likeness (QED) is 0.124. The van der Waals surface area contributed by atoms with E-state index >= 15 is 0 Å². The van der Waals surface area contributed by atoms with Crippen molar-refractivity contribution in [2.45, 2.75) is 18.9 Å². The molecule has 0 radical (unpaired) electrons. The van der Waals surface area contributed by atoms with E-state index in [1.54, 1.807) is 5.43 Å². The first kappa shape index (κ1) is 14.1. The van der Waals surface area contributed by atoms with E-state index in [0.29, 0.717) is 12.8 Å². The van der Waals surface area contributed by atoms with Gasteiger partial charge in [-0.2, -0.15) is 0 Å². The molecule has 0 aliphatic carbocycles. The summed E-state index contributed by atoms with van der Waals surface area (Å²) in [7, 11) is 1.25. The number of nitrogens with zero attached hydrogens (tertiary/aromatic N) is 2. The number of rotatable bonds is 6. The van der Waals surface area contributed by atoms with Crippen molar-refractivity contribution in [1.82, 2.24) is 5.43 Å². The lowest BCUT2D eigenvalue weighted by Gasteiger charge is -2.07. The number of guanidine groups is 1. The van der Waals surface area contributed by atoms with Crippen LogP contribution in [-0.4, -0.2) is 36.7 Å². The molecule has 5 N–H and O–H groups in total. The van der Waals surface area contributed by atoms with Gasteiger partial charge in [-0.1, -0.05) is 5.43 Å². The number of nitro groups is 1. The van der Waals surface area contributed by atoms with Crippen LogP contribution in [0.15, 0.2) is 4.99 Å². The Bertz CT molecular complexity index is 280. The zero-order chi connectivity index (χ0) is 12.6. The molecule has 9 heteroatoms. The number of hydrogen-bond donors (Lipinski definition) is 3. The van der Waals surface area contributed by atoms with Gasteiger partial charge in [0.05, 0.1) is 7.11 Å². The fourth-order valence-electron chi connectivity index (χ4n) is 0.909. The van der Waals surface area contributed by atoms with E-state index in [-0.39, 0.29) is 12.5 Å². The van der Waals surface area contributed by atoms with Crippen LogP contribution in [-0.2, 0) is 9.53 Å². The highest BCUT2D eigenvalue weighted by Crippen LogP contribution is 1.96. The van der Waals surface area contributed by atoms with Crippen molar-refractivity contribution in [2.75, 3.05) is 13.7 Å². The Balaban J connectivity index is 3.74. The van der Waals surface area contributed by atoms with Gasteiger partial charge in [0.25, 0.3) is 5.96 Å². The second kappa shape index (κ2) is 7.40. The maximum atomic E-state index is 10.9. The number of aliphatic imine (C=N–C) groups is 1. The lowest BCUT2D eigenvalue weighted by atomic mass is 10.2. The van der Waals surface area contributed by atoms with Gasteiger partial charge in [-0.05, 0) is 12.8 Å². The van der Waals surface area contributed by atoms with E-state index in [1.807, 2.05) is 0 Å². The molecule has 0 aliphatic rings. The molecule has 0 saturated heterocycles. The summed E-state index contributed by atoms with van der Waals surface area (Å²) < 4.78 is 4.42. The van der Waals surface area contributed by atoms with Crippen molar-refractivity contribution in [3.63, 3.8) is 0 Å². The van der Waals surface area contributed by atoms with Gasteiger partial charge >= 0.3 is 5.97 Å². The fraction of sp³-hybridized carbons (Fsp3) is 0.714. The summed E-state index contributed by atoms with van der Waals surface area (Å²) in [6.07, 6.45) is 0.859. The van der Waals surface area contributed by atoms with Gasteiger partial charge < -0.3 is 16.2 Å². The molecular formula is C7H15N5O4. The number of nitrogens with two attached hydrogens (primary N) is 2. The Morgan fingerprint density at radius 3 is 2.81 bits per heavy atom.